The number of amides is 1. The van der Waals surface area contributed by atoms with Gasteiger partial charge in [-0.1, -0.05) is 12.8 Å². The van der Waals surface area contributed by atoms with Crippen molar-refractivity contribution < 1.29 is 9.53 Å². The highest BCUT2D eigenvalue weighted by Crippen LogP contribution is 2.29. The fourth-order valence-electron chi connectivity index (χ4n) is 4.20. The standard InChI is InChI=1S/C15H24N6O2/c22-15(10-21-11-16-17-18-21)20-8-13-14(9-20)23-6-5-19(13)7-12-3-1-2-4-12/h11-14H,1-10H2/t13-,14-/m0/s1. The van der Waals surface area contributed by atoms with Crippen molar-refractivity contribution in [2.24, 2.45) is 5.92 Å². The first-order valence-corrected chi connectivity index (χ1v) is 8.64. The molecule has 2 atom stereocenters. The molecule has 0 bridgehead atoms. The molecule has 23 heavy (non-hydrogen) atoms. The highest BCUT2D eigenvalue weighted by Gasteiger charge is 2.42. The molecule has 0 spiro atoms. The number of morpholine rings is 1. The monoisotopic (exact) mass is 320 g/mol. The van der Waals surface area contributed by atoms with Gasteiger partial charge in [-0.25, -0.2) is 4.68 Å². The Balaban J connectivity index is 1.37. The first-order valence-electron chi connectivity index (χ1n) is 8.64. The normalized spacial score (nSPS) is 29.1. The van der Waals surface area contributed by atoms with E-state index < -0.39 is 0 Å². The lowest BCUT2D eigenvalue weighted by molar-refractivity contribution is -0.131. The molecule has 3 aliphatic rings. The molecule has 1 amide bonds. The molecule has 2 aliphatic heterocycles. The number of hydrogen-bond donors (Lipinski definition) is 0. The summed E-state index contributed by atoms with van der Waals surface area (Å²) in [4.78, 5) is 16.9. The molecule has 0 unspecified atom stereocenters. The predicted octanol–water partition coefficient (Wildman–Crippen LogP) is -0.225. The summed E-state index contributed by atoms with van der Waals surface area (Å²) >= 11 is 0. The van der Waals surface area contributed by atoms with Crippen LogP contribution in [0.3, 0.4) is 0 Å². The van der Waals surface area contributed by atoms with Crippen LogP contribution in [0.15, 0.2) is 6.33 Å². The average Bonchev–Trinajstić information content (AvgIpc) is 3.28. The van der Waals surface area contributed by atoms with Crippen molar-refractivity contribution in [3.05, 3.63) is 6.33 Å². The van der Waals surface area contributed by atoms with Crippen LogP contribution >= 0.6 is 0 Å². The summed E-state index contributed by atoms with van der Waals surface area (Å²) in [6.07, 6.45) is 7.10. The maximum absolute atomic E-state index is 12.4. The van der Waals surface area contributed by atoms with Crippen LogP contribution in [0.4, 0.5) is 0 Å². The van der Waals surface area contributed by atoms with E-state index in [4.69, 9.17) is 4.74 Å². The third-order valence-corrected chi connectivity index (χ3v) is 5.43. The Morgan fingerprint density at radius 3 is 2.91 bits per heavy atom. The molecule has 1 aromatic heterocycles. The van der Waals surface area contributed by atoms with E-state index in [1.807, 2.05) is 4.90 Å². The van der Waals surface area contributed by atoms with Crippen LogP contribution < -0.4 is 0 Å². The number of aromatic nitrogens is 4. The fourth-order valence-corrected chi connectivity index (χ4v) is 4.20. The second-order valence-corrected chi connectivity index (χ2v) is 6.93. The Labute approximate surface area is 135 Å². The summed E-state index contributed by atoms with van der Waals surface area (Å²) in [7, 11) is 0. The van der Waals surface area contributed by atoms with Gasteiger partial charge in [0, 0.05) is 26.2 Å². The number of carbonyl (C=O) groups excluding carboxylic acids is 1. The predicted molar refractivity (Wildman–Crippen MR) is 81.5 cm³/mol. The van der Waals surface area contributed by atoms with Gasteiger partial charge in [-0.15, -0.1) is 5.10 Å². The van der Waals surface area contributed by atoms with Crippen LogP contribution in [0.2, 0.25) is 0 Å². The van der Waals surface area contributed by atoms with E-state index in [1.165, 1.54) is 43.2 Å². The van der Waals surface area contributed by atoms with E-state index >= 15 is 0 Å². The van der Waals surface area contributed by atoms with Gasteiger partial charge in [0.2, 0.25) is 5.91 Å². The molecule has 8 nitrogen and oxygen atoms in total. The van der Waals surface area contributed by atoms with Crippen molar-refractivity contribution in [1.29, 1.82) is 0 Å². The van der Waals surface area contributed by atoms with Gasteiger partial charge < -0.3 is 9.64 Å². The van der Waals surface area contributed by atoms with Crippen LogP contribution in [0.5, 0.6) is 0 Å². The number of hydrogen-bond acceptors (Lipinski definition) is 6. The summed E-state index contributed by atoms with van der Waals surface area (Å²) in [5.74, 6) is 0.899. The van der Waals surface area contributed by atoms with Crippen molar-refractivity contribution >= 4 is 5.91 Å². The summed E-state index contributed by atoms with van der Waals surface area (Å²) < 4.78 is 7.40. The Hall–Kier alpha value is -1.54. The SMILES string of the molecule is O=C(Cn1cnnn1)N1C[C@@H]2OCCN(CC3CCCC3)[C@H]2C1. The third-order valence-electron chi connectivity index (χ3n) is 5.43. The van der Waals surface area contributed by atoms with E-state index in [9.17, 15) is 4.79 Å². The number of tetrazole rings is 1. The average molecular weight is 320 g/mol. The molecule has 0 radical (unpaired) electrons. The second-order valence-electron chi connectivity index (χ2n) is 6.93. The number of nitrogens with zero attached hydrogens (tertiary/aromatic N) is 6. The number of rotatable bonds is 4. The summed E-state index contributed by atoms with van der Waals surface area (Å²) in [6, 6.07) is 0.349. The molecule has 1 aromatic rings. The first kappa shape index (κ1) is 15.0. The Kier molecular flexibility index (Phi) is 4.26. The molecule has 8 heteroatoms. The van der Waals surface area contributed by atoms with Gasteiger partial charge >= 0.3 is 0 Å². The topological polar surface area (TPSA) is 76.4 Å². The lowest BCUT2D eigenvalue weighted by atomic mass is 10.0. The number of likely N-dealkylation sites (tertiary alicyclic amines) is 1. The minimum Gasteiger partial charge on any atom is -0.373 e. The van der Waals surface area contributed by atoms with Gasteiger partial charge in [-0.05, 0) is 29.2 Å². The van der Waals surface area contributed by atoms with Crippen molar-refractivity contribution in [3.8, 4) is 0 Å². The van der Waals surface area contributed by atoms with Crippen LogP contribution in [0.1, 0.15) is 25.7 Å². The molecular formula is C15H24N6O2. The smallest absolute Gasteiger partial charge is 0.244 e. The van der Waals surface area contributed by atoms with Gasteiger partial charge in [0.1, 0.15) is 12.9 Å². The summed E-state index contributed by atoms with van der Waals surface area (Å²) in [5, 5.41) is 10.9. The van der Waals surface area contributed by atoms with Crippen LogP contribution in [0.25, 0.3) is 0 Å². The Morgan fingerprint density at radius 1 is 1.26 bits per heavy atom. The number of fused-ring (bicyclic) bond motifs is 1. The van der Waals surface area contributed by atoms with Crippen molar-refractivity contribution in [3.63, 3.8) is 0 Å². The molecule has 1 saturated carbocycles. The molecule has 0 N–H and O–H groups in total. The summed E-state index contributed by atoms with van der Waals surface area (Å²) in [5.41, 5.74) is 0. The fraction of sp³-hybridized carbons (Fsp3) is 0.867. The molecule has 3 fully saturated rings. The lowest BCUT2D eigenvalue weighted by Crippen LogP contribution is -2.52. The van der Waals surface area contributed by atoms with Crippen molar-refractivity contribution in [2.45, 2.75) is 44.4 Å². The van der Waals surface area contributed by atoms with E-state index in [2.05, 4.69) is 20.4 Å². The van der Waals surface area contributed by atoms with Gasteiger partial charge in [0.25, 0.3) is 0 Å². The zero-order chi connectivity index (χ0) is 15.6. The minimum absolute atomic E-state index is 0.0658. The van der Waals surface area contributed by atoms with Gasteiger partial charge in [-0.2, -0.15) is 0 Å². The molecule has 3 heterocycles. The number of carbonyl (C=O) groups is 1. The second kappa shape index (κ2) is 6.52. The van der Waals surface area contributed by atoms with E-state index in [-0.39, 0.29) is 18.6 Å². The molecule has 0 aromatic carbocycles. The van der Waals surface area contributed by atoms with Gasteiger partial charge in [-0.3, -0.25) is 9.69 Å². The van der Waals surface area contributed by atoms with Crippen molar-refractivity contribution in [2.75, 3.05) is 32.8 Å². The Morgan fingerprint density at radius 2 is 2.13 bits per heavy atom. The van der Waals surface area contributed by atoms with Gasteiger partial charge in [0.05, 0.1) is 18.8 Å². The quantitative estimate of drug-likeness (QED) is 0.763. The molecule has 4 rings (SSSR count). The largest absolute Gasteiger partial charge is 0.373 e. The first-order chi connectivity index (χ1) is 11.3. The zero-order valence-corrected chi connectivity index (χ0v) is 13.4. The number of ether oxygens (including phenoxy) is 1. The van der Waals surface area contributed by atoms with E-state index in [0.29, 0.717) is 12.6 Å². The van der Waals surface area contributed by atoms with Crippen LogP contribution in [-0.4, -0.2) is 80.8 Å². The van der Waals surface area contributed by atoms with E-state index in [1.54, 1.807) is 0 Å². The van der Waals surface area contributed by atoms with E-state index in [0.717, 1.165) is 25.6 Å². The zero-order valence-electron chi connectivity index (χ0n) is 13.4. The molecular weight excluding hydrogens is 296 g/mol. The molecule has 2 saturated heterocycles. The molecule has 1 aliphatic carbocycles. The summed E-state index contributed by atoms with van der Waals surface area (Å²) in [6.45, 7) is 4.59. The van der Waals surface area contributed by atoms with Crippen LogP contribution in [-0.2, 0) is 16.1 Å². The minimum atomic E-state index is 0.0658. The molecule has 126 valence electrons. The van der Waals surface area contributed by atoms with Crippen molar-refractivity contribution in [1.82, 2.24) is 30.0 Å². The maximum atomic E-state index is 12.4. The maximum Gasteiger partial charge on any atom is 0.244 e. The lowest BCUT2D eigenvalue weighted by Gasteiger charge is -2.38. The van der Waals surface area contributed by atoms with Crippen LogP contribution in [0, 0.1) is 5.92 Å². The Bertz CT molecular complexity index is 530. The highest BCUT2D eigenvalue weighted by atomic mass is 16.5. The third kappa shape index (κ3) is 3.23. The van der Waals surface area contributed by atoms with Gasteiger partial charge in [0.15, 0.2) is 0 Å². The highest BCUT2D eigenvalue weighted by molar-refractivity contribution is 5.76.